The molecular weight excluding hydrogens is 549 g/mol. The van der Waals surface area contributed by atoms with E-state index in [0.717, 1.165) is 39.6 Å². The van der Waals surface area contributed by atoms with Gasteiger partial charge in [-0.25, -0.2) is 0 Å². The molecule has 0 aliphatic rings. The van der Waals surface area contributed by atoms with Crippen LogP contribution in [0, 0.1) is 26.8 Å². The number of fused-ring (bicyclic) bond motifs is 1. The molecule has 3 aromatic carbocycles. The summed E-state index contributed by atoms with van der Waals surface area (Å²) < 4.78 is 4.33. The molecule has 0 fully saturated rings. The van der Waals surface area contributed by atoms with E-state index in [2.05, 4.69) is 70.4 Å². The summed E-state index contributed by atoms with van der Waals surface area (Å²) in [6.45, 7) is 6.30. The van der Waals surface area contributed by atoms with Gasteiger partial charge >= 0.3 is 0 Å². The summed E-state index contributed by atoms with van der Waals surface area (Å²) in [6, 6.07) is 24.1. The molecule has 30 heavy (non-hydrogen) atoms. The van der Waals surface area contributed by atoms with Crippen molar-refractivity contribution in [2.75, 3.05) is 0 Å². The number of benzene rings is 3. The Hall–Kier alpha value is -3.01. The monoisotopic (exact) mass is 570 g/mol. The largest absolute Gasteiger partial charge is 0.339 e. The Balaban J connectivity index is 0.00000218. The minimum Gasteiger partial charge on any atom is -0.339 e. The number of rotatable bonds is 3. The van der Waals surface area contributed by atoms with Gasteiger partial charge in [0.15, 0.2) is 0 Å². The van der Waals surface area contributed by atoms with Crippen molar-refractivity contribution in [2.24, 2.45) is 0 Å². The standard InChI is InChI=1S/C25H21N4.Ir/c1-17-9-7-10-18(2)24(17)28-16-15-26-25(28)21-13-8-14-22-23(21)27-19(3)29(22)20-11-5-4-6-12-20;/h4-12,14-16H,1-3H3;/q-1;. The Labute approximate surface area is 189 Å². The van der Waals surface area contributed by atoms with Crippen LogP contribution in [0.25, 0.3) is 33.8 Å². The molecule has 0 bridgehead atoms. The molecule has 0 atom stereocenters. The van der Waals surface area contributed by atoms with E-state index >= 15 is 0 Å². The van der Waals surface area contributed by atoms with Crippen molar-refractivity contribution in [1.82, 2.24) is 19.1 Å². The van der Waals surface area contributed by atoms with Crippen LogP contribution in [0.1, 0.15) is 17.0 Å². The molecule has 0 saturated heterocycles. The summed E-state index contributed by atoms with van der Waals surface area (Å²) in [5.74, 6) is 1.79. The molecule has 5 aromatic rings. The number of aryl methyl sites for hydroxylation is 3. The number of imidazole rings is 2. The molecule has 0 aliphatic carbocycles. The minimum atomic E-state index is 0. The van der Waals surface area contributed by atoms with Crippen molar-refractivity contribution in [3.8, 4) is 22.8 Å². The van der Waals surface area contributed by atoms with Crippen LogP contribution in [0.2, 0.25) is 0 Å². The Bertz CT molecular complexity index is 1310. The van der Waals surface area contributed by atoms with E-state index in [4.69, 9.17) is 4.98 Å². The first kappa shape index (κ1) is 20.3. The van der Waals surface area contributed by atoms with Gasteiger partial charge in [0, 0.05) is 49.4 Å². The van der Waals surface area contributed by atoms with Crippen molar-refractivity contribution in [2.45, 2.75) is 20.8 Å². The van der Waals surface area contributed by atoms with Gasteiger partial charge in [0.2, 0.25) is 0 Å². The van der Waals surface area contributed by atoms with Crippen molar-refractivity contribution in [3.63, 3.8) is 0 Å². The van der Waals surface area contributed by atoms with Crippen LogP contribution in [0.5, 0.6) is 0 Å². The molecule has 5 heteroatoms. The summed E-state index contributed by atoms with van der Waals surface area (Å²) in [5, 5.41) is 0. The number of para-hydroxylation sites is 2. The molecule has 0 amide bonds. The molecule has 0 spiro atoms. The summed E-state index contributed by atoms with van der Waals surface area (Å²) in [4.78, 5) is 9.59. The maximum absolute atomic E-state index is 4.90. The molecule has 0 unspecified atom stereocenters. The average molecular weight is 570 g/mol. The van der Waals surface area contributed by atoms with Crippen LogP contribution >= 0.6 is 0 Å². The van der Waals surface area contributed by atoms with E-state index in [1.807, 2.05) is 43.6 Å². The maximum atomic E-state index is 4.90. The van der Waals surface area contributed by atoms with E-state index in [1.54, 1.807) is 0 Å². The van der Waals surface area contributed by atoms with Crippen molar-refractivity contribution in [3.05, 3.63) is 96.1 Å². The normalized spacial score (nSPS) is 10.9. The second-order valence-electron chi connectivity index (χ2n) is 7.28. The molecule has 2 aromatic heterocycles. The van der Waals surface area contributed by atoms with E-state index in [1.165, 1.54) is 11.1 Å². The van der Waals surface area contributed by atoms with Gasteiger partial charge in [0.1, 0.15) is 0 Å². The SMILES string of the molecule is Cc1cccc(C)c1-n1ccnc1-c1[c-]ccc2c1nc(C)n2-c1ccccc1.[Ir]. The quantitative estimate of drug-likeness (QED) is 0.265. The van der Waals surface area contributed by atoms with Crippen LogP contribution in [0.3, 0.4) is 0 Å². The van der Waals surface area contributed by atoms with Crippen molar-refractivity contribution < 1.29 is 20.1 Å². The van der Waals surface area contributed by atoms with Crippen LogP contribution < -0.4 is 0 Å². The Morgan fingerprint density at radius 3 is 2.33 bits per heavy atom. The molecule has 4 nitrogen and oxygen atoms in total. The van der Waals surface area contributed by atoms with Crippen LogP contribution in [0.4, 0.5) is 0 Å². The molecule has 151 valence electrons. The van der Waals surface area contributed by atoms with Crippen LogP contribution in [-0.2, 0) is 20.1 Å². The summed E-state index contributed by atoms with van der Waals surface area (Å²) in [6.07, 6.45) is 3.85. The summed E-state index contributed by atoms with van der Waals surface area (Å²) >= 11 is 0. The molecular formula is C25H21IrN4-. The van der Waals surface area contributed by atoms with Crippen molar-refractivity contribution in [1.29, 1.82) is 0 Å². The summed E-state index contributed by atoms with van der Waals surface area (Å²) in [7, 11) is 0. The van der Waals surface area contributed by atoms with Gasteiger partial charge in [-0.1, -0.05) is 42.0 Å². The fourth-order valence-electron chi connectivity index (χ4n) is 4.09. The van der Waals surface area contributed by atoms with Gasteiger partial charge in [0.25, 0.3) is 0 Å². The van der Waals surface area contributed by atoms with Gasteiger partial charge in [-0.15, -0.1) is 18.2 Å². The van der Waals surface area contributed by atoms with Crippen LogP contribution in [0.15, 0.2) is 73.1 Å². The average Bonchev–Trinajstić information content (AvgIpc) is 3.32. The molecule has 2 heterocycles. The van der Waals surface area contributed by atoms with Gasteiger partial charge in [-0.2, -0.15) is 0 Å². The van der Waals surface area contributed by atoms with Crippen molar-refractivity contribution >= 4 is 11.0 Å². The van der Waals surface area contributed by atoms with Crippen LogP contribution in [-0.4, -0.2) is 19.1 Å². The number of aromatic nitrogens is 4. The molecule has 0 N–H and O–H groups in total. The third kappa shape index (κ3) is 3.20. The first-order valence-corrected chi connectivity index (χ1v) is 9.70. The zero-order valence-electron chi connectivity index (χ0n) is 17.1. The third-order valence-electron chi connectivity index (χ3n) is 5.35. The summed E-state index contributed by atoms with van der Waals surface area (Å²) in [5.41, 5.74) is 7.55. The minimum absolute atomic E-state index is 0. The Morgan fingerprint density at radius 2 is 1.60 bits per heavy atom. The van der Waals surface area contributed by atoms with E-state index < -0.39 is 0 Å². The second-order valence-corrected chi connectivity index (χ2v) is 7.28. The topological polar surface area (TPSA) is 35.6 Å². The second kappa shape index (κ2) is 8.02. The maximum Gasteiger partial charge on any atom is 0.0990 e. The predicted octanol–water partition coefficient (Wildman–Crippen LogP) is 5.60. The smallest absolute Gasteiger partial charge is 0.0990 e. The number of hydrogen-bond acceptors (Lipinski definition) is 2. The van der Waals surface area contributed by atoms with E-state index in [0.29, 0.717) is 0 Å². The Morgan fingerprint density at radius 1 is 0.867 bits per heavy atom. The van der Waals surface area contributed by atoms with E-state index in [9.17, 15) is 0 Å². The fourth-order valence-corrected chi connectivity index (χ4v) is 4.09. The van der Waals surface area contributed by atoms with Gasteiger partial charge in [-0.3, -0.25) is 9.97 Å². The molecule has 1 radical (unpaired) electrons. The molecule has 5 rings (SSSR count). The Kier molecular flexibility index (Phi) is 5.42. The van der Waals surface area contributed by atoms with E-state index in [-0.39, 0.29) is 20.1 Å². The molecule has 0 saturated carbocycles. The number of hydrogen-bond donors (Lipinski definition) is 0. The zero-order chi connectivity index (χ0) is 20.0. The first-order chi connectivity index (χ1) is 14.1. The fraction of sp³-hybridized carbons (Fsp3) is 0.120. The molecule has 0 aliphatic heterocycles. The zero-order valence-corrected chi connectivity index (χ0v) is 19.4. The third-order valence-corrected chi connectivity index (χ3v) is 5.35. The van der Waals surface area contributed by atoms with Gasteiger partial charge in [0.05, 0.1) is 11.6 Å². The van der Waals surface area contributed by atoms with Gasteiger partial charge in [-0.05, 0) is 49.5 Å². The predicted molar refractivity (Wildman–Crippen MR) is 117 cm³/mol. The first-order valence-electron chi connectivity index (χ1n) is 9.70. The number of nitrogens with zero attached hydrogens (tertiary/aromatic N) is 4. The van der Waals surface area contributed by atoms with Gasteiger partial charge < -0.3 is 9.13 Å².